The number of hydrogen-bond acceptors (Lipinski definition) is 5. The van der Waals surface area contributed by atoms with Crippen molar-refractivity contribution in [3.05, 3.63) is 81.8 Å². The lowest BCUT2D eigenvalue weighted by Crippen LogP contribution is -2.43. The highest BCUT2D eigenvalue weighted by atomic mass is 32.1. The highest BCUT2D eigenvalue weighted by molar-refractivity contribution is 7.09. The van der Waals surface area contributed by atoms with Crippen molar-refractivity contribution in [2.45, 2.75) is 26.9 Å². The van der Waals surface area contributed by atoms with Gasteiger partial charge in [0.2, 0.25) is 5.91 Å². The summed E-state index contributed by atoms with van der Waals surface area (Å²) < 4.78 is 24.0. The van der Waals surface area contributed by atoms with Crippen molar-refractivity contribution >= 4 is 23.2 Å². The number of nitrogens with zero attached hydrogens (tertiary/aromatic N) is 2. The number of benzene rings is 2. The van der Waals surface area contributed by atoms with Crippen LogP contribution >= 0.6 is 11.3 Å². The smallest absolute Gasteiger partial charge is 0.254 e. The van der Waals surface area contributed by atoms with E-state index in [0.29, 0.717) is 36.7 Å². The molecule has 0 saturated carbocycles. The van der Waals surface area contributed by atoms with E-state index in [1.54, 1.807) is 51.5 Å². The summed E-state index contributed by atoms with van der Waals surface area (Å²) in [7, 11) is 3.05. The summed E-state index contributed by atoms with van der Waals surface area (Å²) in [5, 5.41) is 1.96. The molecule has 0 atom stereocenters. The maximum Gasteiger partial charge on any atom is 0.254 e. The molecule has 2 amide bonds. The first-order valence-corrected chi connectivity index (χ1v) is 12.2. The van der Waals surface area contributed by atoms with E-state index in [1.165, 1.54) is 26.4 Å². The van der Waals surface area contributed by atoms with Crippen LogP contribution in [0.25, 0.3) is 0 Å². The largest absolute Gasteiger partial charge is 0.497 e. The molecular weight excluding hydrogens is 467 g/mol. The zero-order valence-corrected chi connectivity index (χ0v) is 21.3. The van der Waals surface area contributed by atoms with Crippen molar-refractivity contribution < 1.29 is 23.5 Å². The fraction of sp³-hybridized carbons (Fsp3) is 0.333. The zero-order valence-electron chi connectivity index (χ0n) is 20.5. The molecule has 0 unspecified atom stereocenters. The lowest BCUT2D eigenvalue weighted by atomic mass is 10.1. The summed E-state index contributed by atoms with van der Waals surface area (Å²) in [5.41, 5.74) is 1.20. The SMILES string of the molecule is COc1cc(OC)cc(C(=O)N(CC(=O)N(Cc2ccc(F)cc2)Cc2cccs2)CC(C)C)c1. The molecule has 0 bridgehead atoms. The molecule has 3 rings (SSSR count). The maximum absolute atomic E-state index is 13.5. The second kappa shape index (κ2) is 12.4. The Labute approximate surface area is 209 Å². The van der Waals surface area contributed by atoms with Crippen LogP contribution < -0.4 is 9.47 Å². The first kappa shape index (κ1) is 26.2. The molecular formula is C27H31FN2O4S. The average molecular weight is 499 g/mol. The predicted molar refractivity (Wildman–Crippen MR) is 135 cm³/mol. The summed E-state index contributed by atoms with van der Waals surface area (Å²) in [5.74, 6) is 0.362. The summed E-state index contributed by atoms with van der Waals surface area (Å²) >= 11 is 1.56. The number of methoxy groups -OCH3 is 2. The molecule has 186 valence electrons. The van der Waals surface area contributed by atoms with Crippen LogP contribution in [0.1, 0.15) is 34.6 Å². The number of hydrogen-bond donors (Lipinski definition) is 0. The minimum Gasteiger partial charge on any atom is -0.497 e. The number of amides is 2. The van der Waals surface area contributed by atoms with Gasteiger partial charge in [0.05, 0.1) is 20.8 Å². The highest BCUT2D eigenvalue weighted by Crippen LogP contribution is 2.24. The number of halogens is 1. The summed E-state index contributed by atoms with van der Waals surface area (Å²) in [6.07, 6.45) is 0. The van der Waals surface area contributed by atoms with Gasteiger partial charge >= 0.3 is 0 Å². The predicted octanol–water partition coefficient (Wildman–Crippen LogP) is 5.23. The molecule has 0 aliphatic heterocycles. The molecule has 0 N–H and O–H groups in total. The second-order valence-electron chi connectivity index (χ2n) is 8.64. The van der Waals surface area contributed by atoms with Crippen LogP contribution in [-0.2, 0) is 17.9 Å². The molecule has 1 aromatic heterocycles. The fourth-order valence-electron chi connectivity index (χ4n) is 3.67. The molecule has 35 heavy (non-hydrogen) atoms. The Hall–Kier alpha value is -3.39. The van der Waals surface area contributed by atoms with Crippen molar-refractivity contribution in [2.24, 2.45) is 5.92 Å². The van der Waals surface area contributed by atoms with E-state index in [9.17, 15) is 14.0 Å². The van der Waals surface area contributed by atoms with E-state index in [4.69, 9.17) is 9.47 Å². The Balaban J connectivity index is 1.85. The Morgan fingerprint density at radius 2 is 1.60 bits per heavy atom. The van der Waals surface area contributed by atoms with Crippen molar-refractivity contribution in [1.82, 2.24) is 9.80 Å². The van der Waals surface area contributed by atoms with E-state index >= 15 is 0 Å². The van der Waals surface area contributed by atoms with Crippen molar-refractivity contribution in [1.29, 1.82) is 0 Å². The summed E-state index contributed by atoms with van der Waals surface area (Å²) in [6.45, 7) is 5.05. The van der Waals surface area contributed by atoms with Gasteiger partial charge in [-0.2, -0.15) is 0 Å². The van der Waals surface area contributed by atoms with Gasteiger partial charge in [0.1, 0.15) is 23.9 Å². The average Bonchev–Trinajstić information content (AvgIpc) is 3.36. The number of carbonyl (C=O) groups excluding carboxylic acids is 2. The molecule has 0 aliphatic rings. The third-order valence-electron chi connectivity index (χ3n) is 5.36. The van der Waals surface area contributed by atoms with E-state index < -0.39 is 0 Å². The number of ether oxygens (including phenoxy) is 2. The van der Waals surface area contributed by atoms with Gasteiger partial charge in [0.15, 0.2) is 0 Å². The molecule has 0 spiro atoms. The van der Waals surface area contributed by atoms with E-state index in [0.717, 1.165) is 10.4 Å². The van der Waals surface area contributed by atoms with Gasteiger partial charge in [-0.25, -0.2) is 4.39 Å². The number of carbonyl (C=O) groups is 2. The topological polar surface area (TPSA) is 59.1 Å². The van der Waals surface area contributed by atoms with Gasteiger partial charge in [-0.15, -0.1) is 11.3 Å². The normalized spacial score (nSPS) is 10.8. The Morgan fingerprint density at radius 1 is 0.943 bits per heavy atom. The maximum atomic E-state index is 13.5. The third-order valence-corrected chi connectivity index (χ3v) is 6.22. The van der Waals surface area contributed by atoms with Crippen LogP contribution in [-0.4, -0.2) is 48.9 Å². The summed E-state index contributed by atoms with van der Waals surface area (Å²) in [6, 6.07) is 15.0. The van der Waals surface area contributed by atoms with Crippen molar-refractivity contribution in [3.8, 4) is 11.5 Å². The van der Waals surface area contributed by atoms with Crippen LogP contribution in [0.4, 0.5) is 4.39 Å². The molecule has 2 aromatic carbocycles. The lowest BCUT2D eigenvalue weighted by Gasteiger charge is -2.29. The van der Waals surface area contributed by atoms with E-state index in [-0.39, 0.29) is 30.1 Å². The standard InChI is InChI=1S/C27H31FN2O4S/c1-19(2)15-30(27(32)21-12-23(33-3)14-24(13-21)34-4)18-26(31)29(17-25-6-5-11-35-25)16-20-7-9-22(28)10-8-20/h5-14,19H,15-18H2,1-4H3. The minimum absolute atomic E-state index is 0.0802. The summed E-state index contributed by atoms with van der Waals surface area (Å²) in [4.78, 5) is 31.3. The minimum atomic E-state index is -0.327. The lowest BCUT2D eigenvalue weighted by molar-refractivity contribution is -0.133. The molecule has 3 aromatic rings. The Morgan fingerprint density at radius 3 is 2.14 bits per heavy atom. The molecule has 1 heterocycles. The molecule has 6 nitrogen and oxygen atoms in total. The zero-order chi connectivity index (χ0) is 25.4. The van der Waals surface area contributed by atoms with Gasteiger partial charge in [-0.1, -0.05) is 32.0 Å². The van der Waals surface area contributed by atoms with Crippen LogP contribution in [0.3, 0.4) is 0 Å². The van der Waals surface area contributed by atoms with Crippen LogP contribution in [0.15, 0.2) is 60.0 Å². The quantitative estimate of drug-likeness (QED) is 0.363. The van der Waals surface area contributed by atoms with Gasteiger partial charge < -0.3 is 19.3 Å². The van der Waals surface area contributed by atoms with E-state index in [2.05, 4.69) is 0 Å². The van der Waals surface area contributed by atoms with Gasteiger partial charge in [0.25, 0.3) is 5.91 Å². The Kier molecular flexibility index (Phi) is 9.25. The highest BCUT2D eigenvalue weighted by Gasteiger charge is 2.24. The van der Waals surface area contributed by atoms with Crippen molar-refractivity contribution in [3.63, 3.8) is 0 Å². The number of thiophene rings is 1. The molecule has 8 heteroatoms. The number of rotatable bonds is 11. The van der Waals surface area contributed by atoms with Gasteiger partial charge in [0, 0.05) is 29.6 Å². The molecule has 0 saturated heterocycles. The van der Waals surface area contributed by atoms with Gasteiger partial charge in [-0.05, 0) is 47.2 Å². The van der Waals surface area contributed by atoms with Crippen molar-refractivity contribution in [2.75, 3.05) is 27.3 Å². The van der Waals surface area contributed by atoms with Gasteiger partial charge in [-0.3, -0.25) is 9.59 Å². The Bertz CT molecular complexity index is 1090. The first-order valence-electron chi connectivity index (χ1n) is 11.4. The van der Waals surface area contributed by atoms with Crippen LogP contribution in [0.5, 0.6) is 11.5 Å². The first-order chi connectivity index (χ1) is 16.8. The molecule has 0 radical (unpaired) electrons. The molecule has 0 aliphatic carbocycles. The van der Waals surface area contributed by atoms with Crippen LogP contribution in [0, 0.1) is 11.7 Å². The monoisotopic (exact) mass is 498 g/mol. The molecule has 0 fully saturated rings. The fourth-order valence-corrected chi connectivity index (χ4v) is 4.39. The second-order valence-corrected chi connectivity index (χ2v) is 9.67. The van der Waals surface area contributed by atoms with Crippen LogP contribution in [0.2, 0.25) is 0 Å². The van der Waals surface area contributed by atoms with E-state index in [1.807, 2.05) is 31.4 Å². The third kappa shape index (κ3) is 7.55.